The molecule has 1 heterocycles. The van der Waals surface area contributed by atoms with Gasteiger partial charge in [-0.05, 0) is 24.1 Å². The van der Waals surface area contributed by atoms with E-state index in [1.165, 1.54) is 0 Å². The first kappa shape index (κ1) is 16.7. The molecule has 2 atom stereocenters. The van der Waals surface area contributed by atoms with E-state index in [1.807, 2.05) is 36.4 Å². The van der Waals surface area contributed by atoms with Crippen LogP contribution in [-0.2, 0) is 22.4 Å². The first-order valence-corrected chi connectivity index (χ1v) is 8.17. The van der Waals surface area contributed by atoms with Crippen LogP contribution in [0.4, 0.5) is 0 Å². The molecule has 2 unspecified atom stereocenters. The Labute approximate surface area is 146 Å². The Hall–Kier alpha value is -3.13. The number of amides is 2. The Morgan fingerprint density at radius 1 is 1.08 bits per heavy atom. The first-order valence-electron chi connectivity index (χ1n) is 8.17. The van der Waals surface area contributed by atoms with Crippen LogP contribution < -0.4 is 10.6 Å². The smallest absolute Gasteiger partial charge is 0.246 e. The zero-order valence-electron chi connectivity index (χ0n) is 14.0. The fourth-order valence-electron chi connectivity index (χ4n) is 3.10. The molecule has 0 spiro atoms. The van der Waals surface area contributed by atoms with Crippen molar-refractivity contribution < 1.29 is 9.59 Å². The molecule has 3 rings (SSSR count). The summed E-state index contributed by atoms with van der Waals surface area (Å²) in [5.74, 6) is -0.443. The highest BCUT2D eigenvalue weighted by molar-refractivity contribution is 5.99. The van der Waals surface area contributed by atoms with E-state index in [2.05, 4.69) is 16.7 Å². The van der Waals surface area contributed by atoms with Gasteiger partial charge in [-0.25, -0.2) is 0 Å². The average Bonchev–Trinajstić information content (AvgIpc) is 2.61. The molecule has 2 amide bonds. The van der Waals surface area contributed by atoms with E-state index in [9.17, 15) is 14.9 Å². The monoisotopic (exact) mass is 333 g/mol. The molecule has 0 saturated carbocycles. The van der Waals surface area contributed by atoms with Gasteiger partial charge in [-0.1, -0.05) is 48.5 Å². The maximum Gasteiger partial charge on any atom is 0.246 e. The zero-order chi connectivity index (χ0) is 17.9. The van der Waals surface area contributed by atoms with Crippen LogP contribution in [0.25, 0.3) is 0 Å². The van der Waals surface area contributed by atoms with E-state index in [-0.39, 0.29) is 11.8 Å². The molecule has 1 aliphatic rings. The van der Waals surface area contributed by atoms with Gasteiger partial charge in [0.2, 0.25) is 11.8 Å². The lowest BCUT2D eigenvalue weighted by molar-refractivity contribution is -0.140. The Kier molecular flexibility index (Phi) is 4.53. The molecule has 2 N–H and O–H groups in total. The molecule has 2 aromatic rings. The second-order valence-corrected chi connectivity index (χ2v) is 6.48. The minimum absolute atomic E-state index is 0.213. The predicted octanol–water partition coefficient (Wildman–Crippen LogP) is 1.72. The number of benzene rings is 2. The number of hydrogen-bond acceptors (Lipinski definition) is 3. The van der Waals surface area contributed by atoms with E-state index in [1.54, 1.807) is 25.1 Å². The van der Waals surface area contributed by atoms with Crippen molar-refractivity contribution in [2.75, 3.05) is 0 Å². The van der Waals surface area contributed by atoms with E-state index >= 15 is 0 Å². The molecule has 5 heteroatoms. The molecule has 25 heavy (non-hydrogen) atoms. The van der Waals surface area contributed by atoms with Crippen molar-refractivity contribution in [2.24, 2.45) is 0 Å². The van der Waals surface area contributed by atoms with E-state index in [0.29, 0.717) is 18.4 Å². The van der Waals surface area contributed by atoms with Gasteiger partial charge in [0, 0.05) is 12.8 Å². The third-order valence-corrected chi connectivity index (χ3v) is 4.48. The van der Waals surface area contributed by atoms with Gasteiger partial charge in [0.15, 0.2) is 0 Å². The summed E-state index contributed by atoms with van der Waals surface area (Å²) in [6.45, 7) is 1.73. The summed E-state index contributed by atoms with van der Waals surface area (Å²) in [6.07, 6.45) is 0.718. The maximum atomic E-state index is 12.6. The van der Waals surface area contributed by atoms with Gasteiger partial charge in [-0.15, -0.1) is 0 Å². The van der Waals surface area contributed by atoms with E-state index < -0.39 is 11.6 Å². The van der Waals surface area contributed by atoms with Crippen LogP contribution in [0, 0.1) is 11.3 Å². The van der Waals surface area contributed by atoms with Crippen LogP contribution in [0.2, 0.25) is 0 Å². The van der Waals surface area contributed by atoms with Crippen molar-refractivity contribution in [3.8, 4) is 6.07 Å². The third kappa shape index (κ3) is 3.53. The highest BCUT2D eigenvalue weighted by Gasteiger charge is 2.42. The molecule has 0 bridgehead atoms. The van der Waals surface area contributed by atoms with Gasteiger partial charge in [-0.3, -0.25) is 9.59 Å². The van der Waals surface area contributed by atoms with Crippen molar-refractivity contribution in [2.45, 2.75) is 31.3 Å². The fourth-order valence-corrected chi connectivity index (χ4v) is 3.10. The quantitative estimate of drug-likeness (QED) is 0.894. The third-order valence-electron chi connectivity index (χ3n) is 4.48. The highest BCUT2D eigenvalue weighted by atomic mass is 16.2. The Bertz CT molecular complexity index is 842. The van der Waals surface area contributed by atoms with Crippen LogP contribution in [0.5, 0.6) is 0 Å². The minimum atomic E-state index is -0.982. The number of nitrogens with one attached hydrogen (secondary N) is 2. The van der Waals surface area contributed by atoms with Gasteiger partial charge in [-0.2, -0.15) is 5.26 Å². The SMILES string of the molecule is CC1(Cc2ccccc2)NC(=O)C(Cc2ccccc2C#N)NC1=O. The number of nitriles is 1. The zero-order valence-corrected chi connectivity index (χ0v) is 14.0. The van der Waals surface area contributed by atoms with Crippen molar-refractivity contribution >= 4 is 11.8 Å². The number of carbonyl (C=O) groups excluding carboxylic acids is 2. The molecular weight excluding hydrogens is 314 g/mol. The normalized spacial score (nSPS) is 22.6. The minimum Gasteiger partial charge on any atom is -0.342 e. The van der Waals surface area contributed by atoms with Gasteiger partial charge >= 0.3 is 0 Å². The van der Waals surface area contributed by atoms with Crippen molar-refractivity contribution in [1.82, 2.24) is 10.6 Å². The number of rotatable bonds is 4. The van der Waals surface area contributed by atoms with Gasteiger partial charge < -0.3 is 10.6 Å². The van der Waals surface area contributed by atoms with Crippen LogP contribution in [0.3, 0.4) is 0 Å². The lowest BCUT2D eigenvalue weighted by Gasteiger charge is -2.37. The molecule has 1 saturated heterocycles. The number of hydrogen-bond donors (Lipinski definition) is 2. The summed E-state index contributed by atoms with van der Waals surface area (Å²) >= 11 is 0. The van der Waals surface area contributed by atoms with Gasteiger partial charge in [0.25, 0.3) is 0 Å². The van der Waals surface area contributed by atoms with Crippen molar-refractivity contribution in [1.29, 1.82) is 5.26 Å². The molecule has 0 aliphatic carbocycles. The second kappa shape index (κ2) is 6.78. The number of piperazine rings is 1. The average molecular weight is 333 g/mol. The first-order chi connectivity index (χ1) is 12.0. The molecule has 126 valence electrons. The molecule has 2 aromatic carbocycles. The largest absolute Gasteiger partial charge is 0.342 e. The topological polar surface area (TPSA) is 82.0 Å². The van der Waals surface area contributed by atoms with E-state index in [0.717, 1.165) is 11.1 Å². The lowest BCUT2D eigenvalue weighted by Crippen LogP contribution is -2.69. The van der Waals surface area contributed by atoms with Crippen molar-refractivity contribution in [3.63, 3.8) is 0 Å². The fraction of sp³-hybridized carbons (Fsp3) is 0.250. The summed E-state index contributed by atoms with van der Waals surface area (Å²) in [4.78, 5) is 25.2. The summed E-state index contributed by atoms with van der Waals surface area (Å²) in [5.41, 5.74) is 1.26. The summed E-state index contributed by atoms with van der Waals surface area (Å²) < 4.78 is 0. The Morgan fingerprint density at radius 3 is 2.48 bits per heavy atom. The lowest BCUT2D eigenvalue weighted by atomic mass is 9.87. The van der Waals surface area contributed by atoms with Crippen LogP contribution in [-0.4, -0.2) is 23.4 Å². The van der Waals surface area contributed by atoms with Crippen LogP contribution in [0.15, 0.2) is 54.6 Å². The van der Waals surface area contributed by atoms with Gasteiger partial charge in [0.05, 0.1) is 11.6 Å². The molecular formula is C20H19N3O2. The predicted molar refractivity (Wildman–Crippen MR) is 93.5 cm³/mol. The summed E-state index contributed by atoms with van der Waals surface area (Å²) in [7, 11) is 0. The number of carbonyl (C=O) groups is 2. The Morgan fingerprint density at radius 2 is 1.76 bits per heavy atom. The summed E-state index contributed by atoms with van der Waals surface area (Å²) in [5, 5.41) is 14.9. The molecule has 0 aromatic heterocycles. The maximum absolute atomic E-state index is 12.6. The molecule has 1 aliphatic heterocycles. The number of nitrogens with zero attached hydrogens (tertiary/aromatic N) is 1. The van der Waals surface area contributed by atoms with E-state index in [4.69, 9.17) is 0 Å². The van der Waals surface area contributed by atoms with Crippen LogP contribution >= 0.6 is 0 Å². The standard InChI is InChI=1S/C20H19N3O2/c1-20(12-14-7-3-2-4-8-14)19(25)22-17(18(24)23-20)11-15-9-5-6-10-16(15)13-21/h2-10,17H,11-12H2,1H3,(H,22,25)(H,23,24). The Balaban J connectivity index is 1.75. The van der Waals surface area contributed by atoms with Gasteiger partial charge in [0.1, 0.15) is 11.6 Å². The molecule has 5 nitrogen and oxygen atoms in total. The molecule has 0 radical (unpaired) electrons. The highest BCUT2D eigenvalue weighted by Crippen LogP contribution is 2.19. The summed E-state index contributed by atoms with van der Waals surface area (Å²) in [6, 6.07) is 18.1. The second-order valence-electron chi connectivity index (χ2n) is 6.48. The van der Waals surface area contributed by atoms with Crippen molar-refractivity contribution in [3.05, 3.63) is 71.3 Å². The molecule has 1 fully saturated rings. The van der Waals surface area contributed by atoms with Crippen LogP contribution in [0.1, 0.15) is 23.6 Å².